The van der Waals surface area contributed by atoms with Gasteiger partial charge in [0.25, 0.3) is 0 Å². The highest BCUT2D eigenvalue weighted by Gasteiger charge is 2.54. The number of benzene rings is 3. The fourth-order valence-electron chi connectivity index (χ4n) is 4.36. The molecule has 29 heavy (non-hydrogen) atoms. The van der Waals surface area contributed by atoms with E-state index in [1.165, 1.54) is 0 Å². The number of nitrogens with one attached hydrogen (secondary N) is 2. The Morgan fingerprint density at radius 1 is 0.931 bits per heavy atom. The highest BCUT2D eigenvalue weighted by molar-refractivity contribution is 6.08. The van der Waals surface area contributed by atoms with Gasteiger partial charge in [-0.15, -0.1) is 0 Å². The normalized spacial score (nSPS) is 24.6. The zero-order valence-corrected chi connectivity index (χ0v) is 15.7. The predicted molar refractivity (Wildman–Crippen MR) is 109 cm³/mol. The van der Waals surface area contributed by atoms with E-state index in [0.717, 1.165) is 11.1 Å². The number of para-hydroxylation sites is 2. The lowest BCUT2D eigenvalue weighted by molar-refractivity contribution is -0.147. The maximum Gasteiger partial charge on any atom is 0.237 e. The first-order valence-corrected chi connectivity index (χ1v) is 9.68. The molecule has 2 heterocycles. The average Bonchev–Trinajstić information content (AvgIpc) is 2.75. The minimum Gasteiger partial charge on any atom is -0.464 e. The molecule has 0 aliphatic carbocycles. The highest BCUT2D eigenvalue weighted by atomic mass is 16.5. The summed E-state index contributed by atoms with van der Waals surface area (Å²) in [4.78, 5) is 26.3. The summed E-state index contributed by atoms with van der Waals surface area (Å²) < 4.78 is 6.33. The summed E-state index contributed by atoms with van der Waals surface area (Å²) in [5.41, 5.74) is 1.46. The van der Waals surface area contributed by atoms with E-state index in [-0.39, 0.29) is 17.7 Å². The van der Waals surface area contributed by atoms with Crippen molar-refractivity contribution in [1.82, 2.24) is 5.32 Å². The van der Waals surface area contributed by atoms with Crippen molar-refractivity contribution in [3.05, 3.63) is 96.1 Å². The molecule has 0 aromatic heterocycles. The first-order chi connectivity index (χ1) is 14.2. The Labute approximate surface area is 168 Å². The highest BCUT2D eigenvalue weighted by Crippen LogP contribution is 2.50. The van der Waals surface area contributed by atoms with E-state index in [4.69, 9.17) is 4.74 Å². The molecular weight excluding hydrogens is 364 g/mol. The Morgan fingerprint density at radius 2 is 1.59 bits per heavy atom. The number of hydrogen-bond donors (Lipinski definition) is 2. The second-order valence-corrected chi connectivity index (χ2v) is 7.47. The van der Waals surface area contributed by atoms with Gasteiger partial charge in [-0.1, -0.05) is 66.7 Å². The third-order valence-electron chi connectivity index (χ3n) is 5.68. The minimum atomic E-state index is -0.971. The Kier molecular flexibility index (Phi) is 4.09. The van der Waals surface area contributed by atoms with Crippen molar-refractivity contribution < 1.29 is 14.3 Å². The van der Waals surface area contributed by atoms with E-state index in [9.17, 15) is 9.59 Å². The molecule has 5 heteroatoms. The molecular formula is C24H20N2O3. The quantitative estimate of drug-likeness (QED) is 0.675. The van der Waals surface area contributed by atoms with Crippen LogP contribution < -0.4 is 15.4 Å². The molecule has 2 aliphatic heterocycles. The second kappa shape index (κ2) is 6.78. The van der Waals surface area contributed by atoms with Crippen molar-refractivity contribution >= 4 is 17.5 Å². The zero-order valence-electron chi connectivity index (χ0n) is 15.7. The smallest absolute Gasteiger partial charge is 0.237 e. The van der Waals surface area contributed by atoms with Crippen LogP contribution in [0.4, 0.5) is 5.69 Å². The van der Waals surface area contributed by atoms with Gasteiger partial charge in [0.05, 0.1) is 0 Å². The van der Waals surface area contributed by atoms with E-state index in [1.54, 1.807) is 0 Å². The first kappa shape index (κ1) is 17.5. The van der Waals surface area contributed by atoms with Gasteiger partial charge in [-0.25, -0.2) is 0 Å². The van der Waals surface area contributed by atoms with Crippen LogP contribution in [0.15, 0.2) is 84.9 Å². The van der Waals surface area contributed by atoms with E-state index in [0.29, 0.717) is 17.9 Å². The van der Waals surface area contributed by atoms with Crippen LogP contribution >= 0.6 is 0 Å². The molecule has 3 atom stereocenters. The van der Waals surface area contributed by atoms with E-state index >= 15 is 0 Å². The number of ether oxygens (including phenoxy) is 1. The van der Waals surface area contributed by atoms with Gasteiger partial charge < -0.3 is 15.4 Å². The number of carbonyl (C=O) groups is 2. The van der Waals surface area contributed by atoms with Crippen LogP contribution in [0.5, 0.6) is 5.75 Å². The molecule has 0 saturated carbocycles. The number of carbonyl (C=O) groups excluding carboxylic acids is 2. The lowest BCUT2D eigenvalue weighted by Crippen LogP contribution is -2.62. The van der Waals surface area contributed by atoms with Crippen LogP contribution in [-0.4, -0.2) is 11.8 Å². The van der Waals surface area contributed by atoms with Gasteiger partial charge in [0.1, 0.15) is 11.7 Å². The summed E-state index contributed by atoms with van der Waals surface area (Å²) in [5, 5.41) is 5.90. The molecule has 0 unspecified atom stereocenters. The first-order valence-electron chi connectivity index (χ1n) is 9.68. The van der Waals surface area contributed by atoms with Gasteiger partial charge in [-0.2, -0.15) is 0 Å². The van der Waals surface area contributed by atoms with Crippen LogP contribution in [-0.2, 0) is 15.3 Å². The summed E-state index contributed by atoms with van der Waals surface area (Å²) in [6.07, 6.45) is 0.493. The molecule has 0 radical (unpaired) electrons. The van der Waals surface area contributed by atoms with Crippen LogP contribution in [0.25, 0.3) is 0 Å². The summed E-state index contributed by atoms with van der Waals surface area (Å²) >= 11 is 0. The molecule has 0 spiro atoms. The molecule has 5 rings (SSSR count). The fraction of sp³-hybridized carbons (Fsp3) is 0.167. The maximum atomic E-state index is 13.2. The summed E-state index contributed by atoms with van der Waals surface area (Å²) in [5.74, 6) is -1.05. The van der Waals surface area contributed by atoms with Crippen molar-refractivity contribution in [3.8, 4) is 5.75 Å². The Bertz CT molecular complexity index is 1070. The topological polar surface area (TPSA) is 67.4 Å². The number of fused-ring (bicyclic) bond motifs is 4. The van der Waals surface area contributed by atoms with Crippen LogP contribution in [0.1, 0.15) is 23.5 Å². The number of piperidine rings is 1. The number of anilines is 1. The van der Waals surface area contributed by atoms with Gasteiger partial charge in [-0.3, -0.25) is 9.59 Å². The second-order valence-electron chi connectivity index (χ2n) is 7.47. The largest absolute Gasteiger partial charge is 0.464 e. The van der Waals surface area contributed by atoms with Crippen molar-refractivity contribution in [3.63, 3.8) is 0 Å². The Balaban J connectivity index is 1.56. The van der Waals surface area contributed by atoms with E-state index < -0.39 is 11.6 Å². The third kappa shape index (κ3) is 2.95. The molecule has 2 N–H and O–H groups in total. The van der Waals surface area contributed by atoms with E-state index in [1.807, 2.05) is 84.9 Å². The molecule has 3 aromatic rings. The summed E-state index contributed by atoms with van der Waals surface area (Å²) in [7, 11) is 0. The van der Waals surface area contributed by atoms with Crippen molar-refractivity contribution in [2.75, 3.05) is 5.32 Å². The Hall–Kier alpha value is -3.60. The predicted octanol–water partition coefficient (Wildman–Crippen LogP) is 3.79. The van der Waals surface area contributed by atoms with Gasteiger partial charge >= 0.3 is 0 Å². The maximum absolute atomic E-state index is 13.2. The van der Waals surface area contributed by atoms with Gasteiger partial charge in [0.15, 0.2) is 0 Å². The third-order valence-corrected chi connectivity index (χ3v) is 5.68. The average molecular weight is 384 g/mol. The molecule has 5 nitrogen and oxygen atoms in total. The molecule has 144 valence electrons. The number of hydrogen-bond acceptors (Lipinski definition) is 3. The van der Waals surface area contributed by atoms with Crippen molar-refractivity contribution in [2.24, 2.45) is 5.92 Å². The minimum absolute atomic E-state index is 0.280. The van der Waals surface area contributed by atoms with Crippen LogP contribution in [0, 0.1) is 5.92 Å². The lowest BCUT2D eigenvalue weighted by Gasteiger charge is -2.48. The molecule has 2 amide bonds. The molecule has 1 fully saturated rings. The monoisotopic (exact) mass is 384 g/mol. The lowest BCUT2D eigenvalue weighted by atomic mass is 9.72. The van der Waals surface area contributed by atoms with Gasteiger partial charge in [0, 0.05) is 23.6 Å². The zero-order chi connectivity index (χ0) is 19.8. The number of amides is 2. The van der Waals surface area contributed by atoms with Gasteiger partial charge in [0.2, 0.25) is 17.5 Å². The van der Waals surface area contributed by atoms with Crippen LogP contribution in [0.3, 0.4) is 0 Å². The van der Waals surface area contributed by atoms with E-state index in [2.05, 4.69) is 10.6 Å². The number of rotatable bonds is 3. The van der Waals surface area contributed by atoms with Crippen LogP contribution in [0.2, 0.25) is 0 Å². The molecule has 1 saturated heterocycles. The summed E-state index contributed by atoms with van der Waals surface area (Å²) in [6, 6.07) is 26.5. The molecule has 2 bridgehead atoms. The SMILES string of the molecule is O=C(Nc1ccccc1)[C@H]1C(=O)N[C@@]2(c3ccccc3)C[C@H]1c1ccccc1O2. The molecule has 3 aromatic carbocycles. The fourth-order valence-corrected chi connectivity index (χ4v) is 4.36. The summed E-state index contributed by atoms with van der Waals surface area (Å²) in [6.45, 7) is 0. The standard InChI is InChI=1S/C24H20N2O3/c27-22(25-17-11-5-2-6-12-17)21-19-15-24(26-23(21)28,16-9-3-1-4-10-16)29-20-14-8-7-13-18(19)20/h1-14,19,21H,15H2,(H,25,27)(H,26,28)/t19-,21-,24-/m0/s1. The van der Waals surface area contributed by atoms with Crippen molar-refractivity contribution in [2.45, 2.75) is 18.1 Å². The Morgan fingerprint density at radius 3 is 2.34 bits per heavy atom. The molecule has 2 aliphatic rings. The van der Waals surface area contributed by atoms with Gasteiger partial charge in [-0.05, 0) is 23.8 Å². The van der Waals surface area contributed by atoms with Crippen molar-refractivity contribution in [1.29, 1.82) is 0 Å².